The Morgan fingerprint density at radius 2 is 1.36 bits per heavy atom. The minimum atomic E-state index is 0.791. The van der Waals surface area contributed by atoms with E-state index in [1.807, 2.05) is 0 Å². The van der Waals surface area contributed by atoms with E-state index in [1.165, 1.54) is 109 Å². The average molecular weight is 452 g/mol. The number of rotatable bonds is 9. The van der Waals surface area contributed by atoms with Crippen LogP contribution in [0.25, 0.3) is 0 Å². The van der Waals surface area contributed by atoms with Crippen molar-refractivity contribution in [1.29, 1.82) is 0 Å². The van der Waals surface area contributed by atoms with E-state index < -0.39 is 0 Å². The van der Waals surface area contributed by atoms with Crippen molar-refractivity contribution in [2.24, 2.45) is 17.8 Å². The molecule has 1 N–H and O–H groups in total. The predicted octanol–water partition coefficient (Wildman–Crippen LogP) is 9.16. The van der Waals surface area contributed by atoms with Crippen LogP contribution in [0, 0.1) is 17.8 Å². The van der Waals surface area contributed by atoms with Crippen LogP contribution in [-0.4, -0.2) is 13.1 Å². The Labute approximate surface area is 205 Å². The van der Waals surface area contributed by atoms with Gasteiger partial charge in [0, 0.05) is 6.04 Å². The topological polar surface area (TPSA) is 12.0 Å². The zero-order chi connectivity index (χ0) is 23.0. The maximum atomic E-state index is 3.51. The second-order valence-corrected chi connectivity index (χ2v) is 12.0. The Kier molecular flexibility index (Phi) is 9.77. The first-order valence-electron chi connectivity index (χ1n) is 15.0. The van der Waals surface area contributed by atoms with E-state index in [0.29, 0.717) is 0 Å². The number of hydrogen-bond acceptors (Lipinski definition) is 1. The zero-order valence-corrected chi connectivity index (χ0v) is 22.2. The maximum absolute atomic E-state index is 3.51. The van der Waals surface area contributed by atoms with Crippen LogP contribution < -0.4 is 5.32 Å². The van der Waals surface area contributed by atoms with Crippen LogP contribution >= 0.6 is 0 Å². The van der Waals surface area contributed by atoms with Crippen molar-refractivity contribution in [3.8, 4) is 0 Å². The summed E-state index contributed by atoms with van der Waals surface area (Å²) < 4.78 is 0. The van der Waals surface area contributed by atoms with Gasteiger partial charge in [0.2, 0.25) is 0 Å². The molecule has 0 saturated heterocycles. The van der Waals surface area contributed by atoms with E-state index in [9.17, 15) is 0 Å². The second kappa shape index (κ2) is 12.8. The van der Waals surface area contributed by atoms with Crippen LogP contribution in [0.15, 0.2) is 18.2 Å². The molecule has 3 aliphatic carbocycles. The van der Waals surface area contributed by atoms with E-state index in [0.717, 1.165) is 35.6 Å². The van der Waals surface area contributed by atoms with Crippen molar-refractivity contribution in [3.05, 3.63) is 34.9 Å². The summed E-state index contributed by atoms with van der Waals surface area (Å²) in [6.07, 6.45) is 24.3. The Morgan fingerprint density at radius 3 is 1.97 bits per heavy atom. The van der Waals surface area contributed by atoms with Gasteiger partial charge in [0.1, 0.15) is 0 Å². The lowest BCUT2D eigenvalue weighted by molar-refractivity contribution is 0.171. The molecular weight excluding hydrogens is 398 g/mol. The molecule has 4 rings (SSSR count). The highest BCUT2D eigenvalue weighted by Crippen LogP contribution is 2.45. The lowest BCUT2D eigenvalue weighted by Crippen LogP contribution is -2.33. The van der Waals surface area contributed by atoms with Crippen molar-refractivity contribution >= 4 is 0 Å². The molecule has 0 amide bonds. The third-order valence-electron chi connectivity index (χ3n) is 10.1. The molecule has 1 aromatic rings. The van der Waals surface area contributed by atoms with E-state index in [4.69, 9.17) is 0 Å². The second-order valence-electron chi connectivity index (χ2n) is 12.0. The van der Waals surface area contributed by atoms with Gasteiger partial charge < -0.3 is 5.32 Å². The fourth-order valence-corrected chi connectivity index (χ4v) is 7.83. The molecule has 1 heteroatoms. The molecule has 3 aliphatic rings. The van der Waals surface area contributed by atoms with Crippen LogP contribution in [0.1, 0.15) is 145 Å². The number of aryl methyl sites for hydroxylation is 1. The lowest BCUT2D eigenvalue weighted by Gasteiger charge is -2.38. The first-order valence-corrected chi connectivity index (χ1v) is 15.0. The standard InChI is InChI=1S/C32H53N/c1-4-6-7-8-24-9-11-28(12-10-24)30-19-22-32(25(5-2)23-30)29-15-13-26(14-16-29)27-17-20-31(33-3)21-18-27/h19,22-24,26-29,31,33H,4-18,20-21H2,1-3H3. The molecule has 33 heavy (non-hydrogen) atoms. The quantitative estimate of drug-likeness (QED) is 0.369. The van der Waals surface area contributed by atoms with E-state index >= 15 is 0 Å². The fraction of sp³-hybridized carbons (Fsp3) is 0.812. The SMILES string of the molecule is CCCCCC1CCC(c2ccc(C3CCC(C4CCC(NC)CC4)CC3)c(CC)c2)CC1. The van der Waals surface area contributed by atoms with E-state index in [1.54, 1.807) is 16.7 Å². The summed E-state index contributed by atoms with van der Waals surface area (Å²) in [5.41, 5.74) is 5.06. The van der Waals surface area contributed by atoms with Gasteiger partial charge >= 0.3 is 0 Å². The highest BCUT2D eigenvalue weighted by Gasteiger charge is 2.31. The zero-order valence-electron chi connectivity index (χ0n) is 22.2. The van der Waals surface area contributed by atoms with Gasteiger partial charge in [0.05, 0.1) is 0 Å². The molecule has 0 atom stereocenters. The number of unbranched alkanes of at least 4 members (excludes halogenated alkanes) is 2. The van der Waals surface area contributed by atoms with Gasteiger partial charge in [-0.15, -0.1) is 0 Å². The molecule has 3 saturated carbocycles. The molecule has 186 valence electrons. The highest BCUT2D eigenvalue weighted by molar-refractivity contribution is 5.36. The van der Waals surface area contributed by atoms with Gasteiger partial charge in [-0.3, -0.25) is 0 Å². The number of benzene rings is 1. The van der Waals surface area contributed by atoms with Crippen molar-refractivity contribution < 1.29 is 0 Å². The first-order chi connectivity index (χ1) is 16.2. The van der Waals surface area contributed by atoms with Gasteiger partial charge in [0.15, 0.2) is 0 Å². The van der Waals surface area contributed by atoms with Gasteiger partial charge in [-0.05, 0) is 137 Å². The molecule has 0 radical (unpaired) electrons. The minimum absolute atomic E-state index is 0.791. The smallest absolute Gasteiger partial charge is 0.00642 e. The minimum Gasteiger partial charge on any atom is -0.317 e. The summed E-state index contributed by atoms with van der Waals surface area (Å²) in [5, 5.41) is 3.51. The molecule has 3 fully saturated rings. The maximum Gasteiger partial charge on any atom is 0.00642 e. The van der Waals surface area contributed by atoms with Crippen LogP contribution in [0.4, 0.5) is 0 Å². The van der Waals surface area contributed by atoms with Crippen LogP contribution in [-0.2, 0) is 6.42 Å². The summed E-state index contributed by atoms with van der Waals surface area (Å²) in [4.78, 5) is 0. The van der Waals surface area contributed by atoms with Gasteiger partial charge in [-0.25, -0.2) is 0 Å². The third kappa shape index (κ3) is 6.65. The van der Waals surface area contributed by atoms with E-state index in [-0.39, 0.29) is 0 Å². The van der Waals surface area contributed by atoms with Crippen LogP contribution in [0.2, 0.25) is 0 Å². The first kappa shape index (κ1) is 25.3. The van der Waals surface area contributed by atoms with Crippen LogP contribution in [0.3, 0.4) is 0 Å². The molecule has 0 bridgehead atoms. The normalized spacial score (nSPS) is 33.2. The summed E-state index contributed by atoms with van der Waals surface area (Å²) in [7, 11) is 2.15. The Balaban J connectivity index is 1.29. The predicted molar refractivity (Wildman–Crippen MR) is 144 cm³/mol. The molecule has 0 aromatic heterocycles. The largest absolute Gasteiger partial charge is 0.317 e. The monoisotopic (exact) mass is 451 g/mol. The molecule has 1 nitrogen and oxygen atoms in total. The Hall–Kier alpha value is -0.820. The summed E-state index contributed by atoms with van der Waals surface area (Å²) in [6.45, 7) is 4.72. The van der Waals surface area contributed by atoms with Crippen molar-refractivity contribution in [2.45, 2.75) is 141 Å². The van der Waals surface area contributed by atoms with Crippen molar-refractivity contribution in [3.63, 3.8) is 0 Å². The van der Waals surface area contributed by atoms with E-state index in [2.05, 4.69) is 44.4 Å². The highest BCUT2D eigenvalue weighted by atomic mass is 14.9. The van der Waals surface area contributed by atoms with Gasteiger partial charge in [0.25, 0.3) is 0 Å². The number of nitrogens with one attached hydrogen (secondary N) is 1. The average Bonchev–Trinajstić information content (AvgIpc) is 2.89. The summed E-state index contributed by atoms with van der Waals surface area (Å²) in [5.74, 6) is 4.70. The Morgan fingerprint density at radius 1 is 0.727 bits per heavy atom. The van der Waals surface area contributed by atoms with Gasteiger partial charge in [-0.1, -0.05) is 57.7 Å². The van der Waals surface area contributed by atoms with Crippen LogP contribution in [0.5, 0.6) is 0 Å². The van der Waals surface area contributed by atoms with Gasteiger partial charge in [-0.2, -0.15) is 0 Å². The summed E-state index contributed by atoms with van der Waals surface area (Å²) >= 11 is 0. The number of hydrogen-bond donors (Lipinski definition) is 1. The molecule has 0 aliphatic heterocycles. The third-order valence-corrected chi connectivity index (χ3v) is 10.1. The molecule has 1 aromatic carbocycles. The lowest BCUT2D eigenvalue weighted by atomic mass is 9.68. The molecule has 0 unspecified atom stereocenters. The fourth-order valence-electron chi connectivity index (χ4n) is 7.83. The molecular formula is C32H53N. The molecule has 0 heterocycles. The Bertz CT molecular complexity index is 684. The van der Waals surface area contributed by atoms with Crippen molar-refractivity contribution in [2.75, 3.05) is 7.05 Å². The van der Waals surface area contributed by atoms with Crippen molar-refractivity contribution in [1.82, 2.24) is 5.32 Å². The summed E-state index contributed by atoms with van der Waals surface area (Å²) in [6, 6.07) is 8.55. The molecule has 0 spiro atoms.